The average molecular weight is 613 g/mol. The summed E-state index contributed by atoms with van der Waals surface area (Å²) >= 11 is 0. The molecule has 3 aromatic rings. The number of aryl methyl sites for hydroxylation is 1. The van der Waals surface area contributed by atoms with E-state index in [4.69, 9.17) is 10.1 Å². The van der Waals surface area contributed by atoms with Crippen LogP contribution in [0.2, 0.25) is 0 Å². The molecule has 1 amide bonds. The van der Waals surface area contributed by atoms with Gasteiger partial charge in [-0.3, -0.25) is 24.8 Å². The van der Waals surface area contributed by atoms with Gasteiger partial charge in [0.2, 0.25) is 0 Å². The van der Waals surface area contributed by atoms with Gasteiger partial charge in [0.25, 0.3) is 11.5 Å². The maximum atomic E-state index is 13.8. The van der Waals surface area contributed by atoms with Crippen LogP contribution < -0.4 is 21.1 Å². The second kappa shape index (κ2) is 11.3. The van der Waals surface area contributed by atoms with Crippen molar-refractivity contribution < 1.29 is 14.6 Å². The fraction of sp³-hybridized carbons (Fsp3) is 0.455. The summed E-state index contributed by atoms with van der Waals surface area (Å²) < 4.78 is 8.95. The summed E-state index contributed by atoms with van der Waals surface area (Å²) in [7, 11) is 1.66. The number of amidine groups is 1. The van der Waals surface area contributed by atoms with Crippen LogP contribution in [0.25, 0.3) is 11.1 Å². The van der Waals surface area contributed by atoms with Gasteiger partial charge in [0, 0.05) is 80.8 Å². The van der Waals surface area contributed by atoms with Crippen LogP contribution in [0, 0.1) is 10.8 Å². The highest BCUT2D eigenvalue weighted by atomic mass is 16.5. The lowest BCUT2D eigenvalue weighted by atomic mass is 9.90. The van der Waals surface area contributed by atoms with Crippen LogP contribution in [0.5, 0.6) is 0 Å². The molecule has 12 heteroatoms. The van der Waals surface area contributed by atoms with Gasteiger partial charge in [-0.2, -0.15) is 0 Å². The number of carbonyl (C=O) groups is 1. The molecule has 0 spiro atoms. The molecule has 2 saturated heterocycles. The number of aliphatic hydroxyl groups is 1. The van der Waals surface area contributed by atoms with E-state index in [1.54, 1.807) is 42.6 Å². The van der Waals surface area contributed by atoms with Crippen LogP contribution >= 0.6 is 0 Å². The standard InChI is InChI=1S/C33H40N8O4/c1-33(2)13-20-11-27-32(44)41(9-8-40(27)28(20)14-33)30-25(17-42)24(4-5-36-30)21-10-26(31(43)38(3)15-21)37-29(34)12-22-16-39(7-6-35-22)23-18-45-19-23/h4-5,10-12,15,23,35,42H,6-9,13-14,16-19H2,1-3H3,(H2,34,37)/b22-12-. The van der Waals surface area contributed by atoms with Gasteiger partial charge in [-0.05, 0) is 47.6 Å². The molecule has 1 aliphatic carbocycles. The summed E-state index contributed by atoms with van der Waals surface area (Å²) in [6.45, 7) is 9.15. The molecule has 4 N–H and O–H groups in total. The van der Waals surface area contributed by atoms with Crippen molar-refractivity contribution >= 4 is 23.2 Å². The molecule has 3 aromatic heterocycles. The number of hydrogen-bond acceptors (Lipinski definition) is 8. The predicted octanol–water partition coefficient (Wildman–Crippen LogP) is 2.10. The van der Waals surface area contributed by atoms with Crippen molar-refractivity contribution in [3.8, 4) is 11.1 Å². The first kappa shape index (κ1) is 29.5. The van der Waals surface area contributed by atoms with E-state index in [0.717, 1.165) is 44.8 Å². The molecule has 4 aliphatic rings. The third kappa shape index (κ3) is 5.36. The maximum absolute atomic E-state index is 13.8. The van der Waals surface area contributed by atoms with Gasteiger partial charge in [0.1, 0.15) is 23.0 Å². The van der Waals surface area contributed by atoms with Crippen molar-refractivity contribution in [3.63, 3.8) is 0 Å². The number of fused-ring (bicyclic) bond motifs is 3. The Balaban J connectivity index is 1.16. The molecule has 236 valence electrons. The number of ether oxygens (including phenoxy) is 1. The molecule has 2 fully saturated rings. The zero-order valence-corrected chi connectivity index (χ0v) is 26.0. The van der Waals surface area contributed by atoms with Crippen LogP contribution in [-0.4, -0.2) is 81.3 Å². The van der Waals surface area contributed by atoms with E-state index in [0.29, 0.717) is 53.9 Å². The van der Waals surface area contributed by atoms with Gasteiger partial charge < -0.3 is 29.6 Å². The van der Waals surface area contributed by atoms with E-state index >= 15 is 0 Å². The van der Waals surface area contributed by atoms with Crippen molar-refractivity contribution in [2.75, 3.05) is 49.6 Å². The fourth-order valence-electron chi connectivity index (χ4n) is 7.11. The molecule has 6 heterocycles. The van der Waals surface area contributed by atoms with Gasteiger partial charge in [-0.25, -0.2) is 4.98 Å². The smallest absolute Gasteiger partial charge is 0.276 e. The Hall–Kier alpha value is -4.26. The van der Waals surface area contributed by atoms with Gasteiger partial charge in [-0.15, -0.1) is 0 Å². The number of piperazine rings is 1. The predicted molar refractivity (Wildman–Crippen MR) is 172 cm³/mol. The number of amides is 1. The van der Waals surface area contributed by atoms with E-state index in [1.165, 1.54) is 15.8 Å². The number of aliphatic hydroxyl groups excluding tert-OH is 1. The zero-order valence-electron chi connectivity index (χ0n) is 26.0. The van der Waals surface area contributed by atoms with Gasteiger partial charge in [0.05, 0.1) is 25.9 Å². The van der Waals surface area contributed by atoms with Gasteiger partial charge in [0.15, 0.2) is 0 Å². The van der Waals surface area contributed by atoms with Gasteiger partial charge in [-0.1, -0.05) is 13.8 Å². The third-order valence-electron chi connectivity index (χ3n) is 9.42. The van der Waals surface area contributed by atoms with E-state index in [1.807, 2.05) is 6.07 Å². The topological polar surface area (TPSA) is 141 Å². The first-order chi connectivity index (χ1) is 21.6. The normalized spacial score (nSPS) is 20.5. The molecule has 0 saturated carbocycles. The number of hydrogen-bond donors (Lipinski definition) is 4. The number of rotatable bonds is 6. The summed E-state index contributed by atoms with van der Waals surface area (Å²) in [5.41, 5.74) is 6.05. The number of nitrogens with zero attached hydrogens (tertiary/aromatic N) is 5. The zero-order chi connectivity index (χ0) is 31.5. The Morgan fingerprint density at radius 3 is 2.80 bits per heavy atom. The SMILES string of the molecule is Cn1cc(-c2ccnc(N3CCn4c(cc5c4CC(C)(C)C5)C3=O)c2CO)cc(NC(=N)/C=C2/CN(C3COC3)CCN2)c1=O. The van der Waals surface area contributed by atoms with Crippen LogP contribution in [0.15, 0.2) is 47.2 Å². The first-order valence-electron chi connectivity index (χ1n) is 15.6. The molecular weight excluding hydrogens is 572 g/mol. The lowest BCUT2D eigenvalue weighted by Gasteiger charge is -2.40. The largest absolute Gasteiger partial charge is 0.392 e. The summed E-state index contributed by atoms with van der Waals surface area (Å²) in [5.74, 6) is 0.379. The summed E-state index contributed by atoms with van der Waals surface area (Å²) in [5, 5.41) is 25.5. The molecule has 0 radical (unpaired) electrons. The van der Waals surface area contributed by atoms with Crippen LogP contribution in [0.1, 0.15) is 41.2 Å². The van der Waals surface area contributed by atoms with Crippen molar-refractivity contribution in [2.45, 2.75) is 45.9 Å². The van der Waals surface area contributed by atoms with E-state index in [9.17, 15) is 14.7 Å². The first-order valence-corrected chi connectivity index (χ1v) is 15.6. The number of anilines is 2. The Kier molecular flexibility index (Phi) is 7.38. The molecule has 0 atom stereocenters. The third-order valence-corrected chi connectivity index (χ3v) is 9.42. The highest BCUT2D eigenvalue weighted by Crippen LogP contribution is 2.40. The summed E-state index contributed by atoms with van der Waals surface area (Å²) in [4.78, 5) is 35.5. The number of carbonyl (C=O) groups excluding carboxylic acids is 1. The molecule has 3 aliphatic heterocycles. The highest BCUT2D eigenvalue weighted by molar-refractivity contribution is 6.06. The van der Waals surface area contributed by atoms with Crippen molar-refractivity contribution in [1.29, 1.82) is 5.41 Å². The van der Waals surface area contributed by atoms with Crippen molar-refractivity contribution in [3.05, 3.63) is 75.2 Å². The molecular formula is C33H40N8O4. The molecule has 0 unspecified atom stereocenters. The maximum Gasteiger partial charge on any atom is 0.276 e. The minimum atomic E-state index is -0.338. The Bertz CT molecular complexity index is 1780. The minimum Gasteiger partial charge on any atom is -0.392 e. The average Bonchev–Trinajstić information content (AvgIpc) is 3.46. The highest BCUT2D eigenvalue weighted by Gasteiger charge is 2.37. The second-order valence-electron chi connectivity index (χ2n) is 13.3. The minimum absolute atomic E-state index is 0.0912. The summed E-state index contributed by atoms with van der Waals surface area (Å²) in [6.07, 6.45) is 6.95. The van der Waals surface area contributed by atoms with Crippen LogP contribution in [0.4, 0.5) is 11.5 Å². The lowest BCUT2D eigenvalue weighted by Crippen LogP contribution is -2.55. The Labute approximate surface area is 261 Å². The Morgan fingerprint density at radius 2 is 2.04 bits per heavy atom. The summed E-state index contributed by atoms with van der Waals surface area (Å²) in [6, 6.07) is 5.91. The second-order valence-corrected chi connectivity index (χ2v) is 13.3. The lowest BCUT2D eigenvalue weighted by molar-refractivity contribution is -0.0644. The van der Waals surface area contributed by atoms with E-state index < -0.39 is 0 Å². The number of nitrogens with one attached hydrogen (secondary N) is 3. The number of pyridine rings is 2. The van der Waals surface area contributed by atoms with E-state index in [-0.39, 0.29) is 35.0 Å². The monoisotopic (exact) mass is 612 g/mol. The fourth-order valence-corrected chi connectivity index (χ4v) is 7.11. The quantitative estimate of drug-likeness (QED) is 0.245. The Morgan fingerprint density at radius 1 is 1.22 bits per heavy atom. The van der Waals surface area contributed by atoms with Crippen molar-refractivity contribution in [1.82, 2.24) is 24.3 Å². The van der Waals surface area contributed by atoms with Gasteiger partial charge >= 0.3 is 0 Å². The van der Waals surface area contributed by atoms with E-state index in [2.05, 4.69) is 38.9 Å². The van der Waals surface area contributed by atoms with Crippen molar-refractivity contribution in [2.24, 2.45) is 12.5 Å². The number of aromatic nitrogens is 3. The molecule has 45 heavy (non-hydrogen) atoms. The van der Waals surface area contributed by atoms with Crippen LogP contribution in [-0.2, 0) is 37.8 Å². The molecule has 0 aromatic carbocycles. The molecule has 7 rings (SSSR count). The molecule has 12 nitrogen and oxygen atoms in total. The van der Waals surface area contributed by atoms with Crippen LogP contribution in [0.3, 0.4) is 0 Å². The molecule has 0 bridgehead atoms.